The number of anilines is 1. The second kappa shape index (κ2) is 10.1. The number of esters is 1. The lowest BCUT2D eigenvalue weighted by atomic mass is 10.2. The van der Waals surface area contributed by atoms with E-state index in [1.165, 1.54) is 49.4 Å². The molecule has 1 unspecified atom stereocenters. The molecule has 1 atom stereocenters. The van der Waals surface area contributed by atoms with Crippen molar-refractivity contribution in [2.45, 2.75) is 13.0 Å². The van der Waals surface area contributed by atoms with Gasteiger partial charge in [0.1, 0.15) is 10.8 Å². The molecule has 3 rings (SSSR count). The number of amides is 2. The SMILES string of the molecule is CC(OC(=O)c1ccc(Oc2ccc(Cl)cc2[N+](=O)[O-])cc1)C(=O)Nc1sccc1C(N)=O. The van der Waals surface area contributed by atoms with E-state index in [4.69, 9.17) is 26.8 Å². The van der Waals surface area contributed by atoms with Crippen molar-refractivity contribution in [3.63, 3.8) is 0 Å². The smallest absolute Gasteiger partial charge is 0.338 e. The number of benzene rings is 2. The van der Waals surface area contributed by atoms with Crippen LogP contribution in [0.3, 0.4) is 0 Å². The molecule has 2 aromatic carbocycles. The fourth-order valence-corrected chi connectivity index (χ4v) is 3.56. The molecule has 0 saturated carbocycles. The van der Waals surface area contributed by atoms with Crippen molar-refractivity contribution in [2.75, 3.05) is 5.32 Å². The standard InChI is InChI=1S/C21H16ClN3O7S/c1-11(19(27)24-20-15(18(23)26)8-9-33-20)31-21(28)12-2-5-14(6-3-12)32-17-7-4-13(22)10-16(17)25(29)30/h2-11H,1H3,(H2,23,26)(H,24,27). The van der Waals surface area contributed by atoms with E-state index in [0.717, 1.165) is 17.4 Å². The molecule has 0 aliphatic carbocycles. The van der Waals surface area contributed by atoms with Gasteiger partial charge in [0.25, 0.3) is 11.8 Å². The molecule has 33 heavy (non-hydrogen) atoms. The van der Waals surface area contributed by atoms with Gasteiger partial charge in [-0.1, -0.05) is 11.6 Å². The van der Waals surface area contributed by atoms with E-state index in [0.29, 0.717) is 0 Å². The van der Waals surface area contributed by atoms with E-state index in [2.05, 4.69) is 5.32 Å². The second-order valence-electron chi connectivity index (χ2n) is 6.56. The summed E-state index contributed by atoms with van der Waals surface area (Å²) in [6.45, 7) is 1.38. The molecule has 2 amide bonds. The molecular weight excluding hydrogens is 474 g/mol. The maximum atomic E-state index is 12.4. The third-order valence-corrected chi connectivity index (χ3v) is 5.32. The first-order chi connectivity index (χ1) is 15.7. The molecular formula is C21H16ClN3O7S. The predicted molar refractivity (Wildman–Crippen MR) is 121 cm³/mol. The van der Waals surface area contributed by atoms with Gasteiger partial charge in [-0.15, -0.1) is 11.3 Å². The highest BCUT2D eigenvalue weighted by Gasteiger charge is 2.22. The van der Waals surface area contributed by atoms with E-state index < -0.39 is 28.8 Å². The Morgan fingerprint density at radius 1 is 1.15 bits per heavy atom. The van der Waals surface area contributed by atoms with Crippen LogP contribution in [-0.4, -0.2) is 28.8 Å². The summed E-state index contributed by atoms with van der Waals surface area (Å²) in [6, 6.07) is 11.1. The molecule has 0 fully saturated rings. The Kier molecular flexibility index (Phi) is 7.26. The fraction of sp³-hybridized carbons (Fsp3) is 0.0952. The van der Waals surface area contributed by atoms with Crippen molar-refractivity contribution in [1.82, 2.24) is 0 Å². The number of carbonyl (C=O) groups excluding carboxylic acids is 3. The van der Waals surface area contributed by atoms with Crippen molar-refractivity contribution in [3.05, 3.63) is 80.2 Å². The molecule has 0 aliphatic heterocycles. The molecule has 0 bridgehead atoms. The van der Waals surface area contributed by atoms with Crippen LogP contribution >= 0.6 is 22.9 Å². The first-order valence-electron chi connectivity index (χ1n) is 9.26. The van der Waals surface area contributed by atoms with Gasteiger partial charge in [-0.25, -0.2) is 4.79 Å². The Morgan fingerprint density at radius 3 is 2.48 bits per heavy atom. The van der Waals surface area contributed by atoms with Crippen LogP contribution in [0.25, 0.3) is 0 Å². The van der Waals surface area contributed by atoms with E-state index >= 15 is 0 Å². The number of nitrogens with one attached hydrogen (secondary N) is 1. The summed E-state index contributed by atoms with van der Waals surface area (Å²) < 4.78 is 10.7. The van der Waals surface area contributed by atoms with Gasteiger partial charge in [0.15, 0.2) is 6.10 Å². The molecule has 12 heteroatoms. The molecule has 1 heterocycles. The highest BCUT2D eigenvalue weighted by atomic mass is 35.5. The first kappa shape index (κ1) is 23.7. The quantitative estimate of drug-likeness (QED) is 0.270. The lowest BCUT2D eigenvalue weighted by Gasteiger charge is -2.13. The number of hydrogen-bond acceptors (Lipinski definition) is 8. The molecule has 0 spiro atoms. The molecule has 0 aliphatic rings. The average Bonchev–Trinajstić information content (AvgIpc) is 3.23. The van der Waals surface area contributed by atoms with E-state index in [9.17, 15) is 24.5 Å². The largest absolute Gasteiger partial charge is 0.450 e. The van der Waals surface area contributed by atoms with Crippen LogP contribution in [0.4, 0.5) is 10.7 Å². The molecule has 10 nitrogen and oxygen atoms in total. The molecule has 1 aromatic heterocycles. The number of halogens is 1. The minimum Gasteiger partial charge on any atom is -0.450 e. The Balaban J connectivity index is 1.63. The van der Waals surface area contributed by atoms with Gasteiger partial charge in [0.05, 0.1) is 16.1 Å². The van der Waals surface area contributed by atoms with Crippen LogP contribution in [0, 0.1) is 10.1 Å². The molecule has 3 aromatic rings. The first-order valence-corrected chi connectivity index (χ1v) is 10.5. The number of nitrogens with zero attached hydrogens (tertiary/aromatic N) is 1. The molecule has 0 radical (unpaired) electrons. The van der Waals surface area contributed by atoms with Gasteiger partial charge < -0.3 is 20.5 Å². The highest BCUT2D eigenvalue weighted by molar-refractivity contribution is 7.14. The zero-order chi connectivity index (χ0) is 24.1. The predicted octanol–water partition coefficient (Wildman–Crippen LogP) is 4.38. The topological polar surface area (TPSA) is 151 Å². The Hall–Kier alpha value is -3.96. The normalized spacial score (nSPS) is 11.3. The average molecular weight is 490 g/mol. The molecule has 3 N–H and O–H groups in total. The number of hydrogen-bond donors (Lipinski definition) is 2. The summed E-state index contributed by atoms with van der Waals surface area (Å²) >= 11 is 6.89. The number of primary amides is 1. The van der Waals surface area contributed by atoms with Crippen LogP contribution < -0.4 is 15.8 Å². The number of carbonyl (C=O) groups is 3. The van der Waals surface area contributed by atoms with Crippen molar-refractivity contribution in [3.8, 4) is 11.5 Å². The lowest BCUT2D eigenvalue weighted by Crippen LogP contribution is -2.30. The highest BCUT2D eigenvalue weighted by Crippen LogP contribution is 2.33. The third-order valence-electron chi connectivity index (χ3n) is 4.26. The van der Waals surface area contributed by atoms with Gasteiger partial charge in [-0.3, -0.25) is 19.7 Å². The van der Waals surface area contributed by atoms with Crippen LogP contribution in [0.1, 0.15) is 27.6 Å². The van der Waals surface area contributed by atoms with Crippen LogP contribution in [0.15, 0.2) is 53.9 Å². The summed E-state index contributed by atoms with van der Waals surface area (Å²) in [7, 11) is 0. The molecule has 170 valence electrons. The van der Waals surface area contributed by atoms with E-state index in [1.807, 2.05) is 0 Å². The zero-order valence-corrected chi connectivity index (χ0v) is 18.5. The van der Waals surface area contributed by atoms with E-state index in [1.54, 1.807) is 5.38 Å². The summed E-state index contributed by atoms with van der Waals surface area (Å²) in [4.78, 5) is 46.6. The van der Waals surface area contributed by atoms with Crippen LogP contribution in [-0.2, 0) is 9.53 Å². The monoisotopic (exact) mass is 489 g/mol. The molecule has 0 saturated heterocycles. The summed E-state index contributed by atoms with van der Waals surface area (Å²) in [5, 5.41) is 15.7. The number of nitro groups is 1. The Labute approximate surface area is 196 Å². The summed E-state index contributed by atoms with van der Waals surface area (Å²) in [5.41, 5.74) is 5.21. The zero-order valence-electron chi connectivity index (χ0n) is 16.9. The second-order valence-corrected chi connectivity index (χ2v) is 7.91. The van der Waals surface area contributed by atoms with Gasteiger partial charge in [0, 0.05) is 11.1 Å². The number of thiophene rings is 1. The minimum absolute atomic E-state index is 0.0195. The number of nitrogens with two attached hydrogens (primary N) is 1. The Morgan fingerprint density at radius 2 is 1.85 bits per heavy atom. The maximum Gasteiger partial charge on any atom is 0.338 e. The van der Waals surface area contributed by atoms with Gasteiger partial charge >= 0.3 is 11.7 Å². The van der Waals surface area contributed by atoms with Gasteiger partial charge in [-0.05, 0) is 54.8 Å². The van der Waals surface area contributed by atoms with Crippen molar-refractivity contribution < 1.29 is 28.8 Å². The summed E-state index contributed by atoms with van der Waals surface area (Å²) in [6.07, 6.45) is -1.16. The van der Waals surface area contributed by atoms with E-state index in [-0.39, 0.29) is 38.3 Å². The fourth-order valence-electron chi connectivity index (χ4n) is 2.60. The summed E-state index contributed by atoms with van der Waals surface area (Å²) in [5.74, 6) is -1.89. The van der Waals surface area contributed by atoms with Gasteiger partial charge in [-0.2, -0.15) is 0 Å². The van der Waals surface area contributed by atoms with Crippen LogP contribution in [0.2, 0.25) is 5.02 Å². The minimum atomic E-state index is -1.16. The van der Waals surface area contributed by atoms with Gasteiger partial charge in [0.2, 0.25) is 5.75 Å². The Bertz CT molecular complexity index is 1230. The third kappa shape index (κ3) is 5.84. The number of rotatable bonds is 8. The van der Waals surface area contributed by atoms with Crippen molar-refractivity contribution >= 4 is 51.4 Å². The number of ether oxygens (including phenoxy) is 2. The van der Waals surface area contributed by atoms with Crippen molar-refractivity contribution in [2.24, 2.45) is 5.73 Å². The van der Waals surface area contributed by atoms with Crippen molar-refractivity contribution in [1.29, 1.82) is 0 Å². The lowest BCUT2D eigenvalue weighted by molar-refractivity contribution is -0.385. The maximum absolute atomic E-state index is 12.4. The number of nitro benzene ring substituents is 1. The van der Waals surface area contributed by atoms with Crippen LogP contribution in [0.5, 0.6) is 11.5 Å².